The Balaban J connectivity index is 1.12. The highest BCUT2D eigenvalue weighted by molar-refractivity contribution is 5.88. The Kier molecular flexibility index (Phi) is 6.50. The molecule has 0 bridgehead atoms. The molecule has 10 rings (SSSR count). The van der Waals surface area contributed by atoms with Crippen molar-refractivity contribution in [3.63, 3.8) is 0 Å². The molecular weight excluding hydrogens is 611 g/mol. The summed E-state index contributed by atoms with van der Waals surface area (Å²) in [7, 11) is 0. The Morgan fingerprint density at radius 3 is 1.76 bits per heavy atom. The molecule has 0 saturated heterocycles. The van der Waals surface area contributed by atoms with Crippen LogP contribution in [-0.4, -0.2) is 15.0 Å². The molecule has 1 aliphatic heterocycles. The minimum Gasteiger partial charge on any atom is -0.457 e. The predicted octanol–water partition coefficient (Wildman–Crippen LogP) is 10.8. The average Bonchev–Trinajstić information content (AvgIpc) is 3.49. The lowest BCUT2D eigenvalue weighted by atomic mass is 9.66. The highest BCUT2D eigenvalue weighted by atomic mass is 16.5. The topological polar surface area (TPSA) is 47.9 Å². The Bertz CT molecular complexity index is 2450. The van der Waals surface area contributed by atoms with Gasteiger partial charge < -0.3 is 4.74 Å². The molecule has 0 saturated carbocycles. The van der Waals surface area contributed by atoms with Crippen LogP contribution in [0.5, 0.6) is 11.5 Å². The van der Waals surface area contributed by atoms with Crippen LogP contribution in [-0.2, 0) is 5.41 Å². The maximum Gasteiger partial charge on any atom is 0.163 e. The second kappa shape index (κ2) is 11.4. The molecule has 1 aromatic heterocycles. The Labute approximate surface area is 291 Å². The molecule has 1 atom stereocenters. The summed E-state index contributed by atoms with van der Waals surface area (Å²) in [6.45, 7) is 0. The number of ether oxygens (including phenoxy) is 1. The summed E-state index contributed by atoms with van der Waals surface area (Å²) in [4.78, 5) is 15.3. The first kappa shape index (κ1) is 28.6. The van der Waals surface area contributed by atoms with Crippen LogP contribution in [0.1, 0.15) is 46.0 Å². The van der Waals surface area contributed by atoms with E-state index in [0.717, 1.165) is 46.0 Å². The van der Waals surface area contributed by atoms with Crippen molar-refractivity contribution in [3.8, 4) is 45.4 Å². The number of nitrogens with zero attached hydrogens (tertiary/aromatic N) is 3. The van der Waals surface area contributed by atoms with Gasteiger partial charge in [0.15, 0.2) is 11.6 Å². The van der Waals surface area contributed by atoms with Crippen molar-refractivity contribution in [1.82, 2.24) is 15.0 Å². The molecule has 0 fully saturated rings. The zero-order valence-electron chi connectivity index (χ0n) is 27.2. The van der Waals surface area contributed by atoms with Crippen LogP contribution in [0.3, 0.4) is 0 Å². The summed E-state index contributed by atoms with van der Waals surface area (Å²) in [6.07, 6.45) is 7.51. The number of hydrogen-bond acceptors (Lipinski definition) is 4. The van der Waals surface area contributed by atoms with E-state index in [1.54, 1.807) is 0 Å². The van der Waals surface area contributed by atoms with E-state index in [1.165, 1.54) is 33.4 Å². The summed E-state index contributed by atoms with van der Waals surface area (Å²) in [5, 5.41) is 0. The first-order valence-electron chi connectivity index (χ1n) is 17.1. The van der Waals surface area contributed by atoms with Gasteiger partial charge in [0.05, 0.1) is 5.41 Å². The molecule has 1 unspecified atom stereocenters. The number of benzene rings is 6. The highest BCUT2D eigenvalue weighted by Crippen LogP contribution is 2.62. The van der Waals surface area contributed by atoms with Gasteiger partial charge in [-0.25, -0.2) is 15.0 Å². The van der Waals surface area contributed by atoms with Gasteiger partial charge in [0, 0.05) is 28.2 Å². The van der Waals surface area contributed by atoms with Gasteiger partial charge in [-0.3, -0.25) is 0 Å². The SMILES string of the molecule is C1=CC(c2nc(-c3ccccc3)nc(-c3ccc4c(c3)Oc3ccccc3C43c4ccccc4-c4ccccc43)n2)CC=C1c1ccccc1. The fourth-order valence-electron chi connectivity index (χ4n) is 8.06. The van der Waals surface area contributed by atoms with Gasteiger partial charge in [0.25, 0.3) is 0 Å². The van der Waals surface area contributed by atoms with Gasteiger partial charge in [0.2, 0.25) is 0 Å². The fraction of sp³-hybridized carbons (Fsp3) is 0.0652. The van der Waals surface area contributed by atoms with E-state index in [-0.39, 0.29) is 5.92 Å². The normalized spacial score (nSPS) is 16.1. The van der Waals surface area contributed by atoms with Crippen molar-refractivity contribution in [2.24, 2.45) is 0 Å². The maximum atomic E-state index is 6.78. The van der Waals surface area contributed by atoms with Crippen molar-refractivity contribution < 1.29 is 4.74 Å². The van der Waals surface area contributed by atoms with Crippen LogP contribution in [0.15, 0.2) is 170 Å². The van der Waals surface area contributed by atoms with Crippen molar-refractivity contribution in [2.45, 2.75) is 17.8 Å². The molecule has 0 amide bonds. The molecule has 6 aromatic carbocycles. The Morgan fingerprint density at radius 2 is 1.08 bits per heavy atom. The lowest BCUT2D eigenvalue weighted by Crippen LogP contribution is -2.32. The van der Waals surface area contributed by atoms with Crippen molar-refractivity contribution in [1.29, 1.82) is 0 Å². The van der Waals surface area contributed by atoms with E-state index in [1.807, 2.05) is 30.3 Å². The third kappa shape index (κ3) is 4.35. The number of hydrogen-bond donors (Lipinski definition) is 0. The van der Waals surface area contributed by atoms with E-state index < -0.39 is 5.41 Å². The zero-order valence-corrected chi connectivity index (χ0v) is 27.2. The van der Waals surface area contributed by atoms with Crippen molar-refractivity contribution in [2.75, 3.05) is 0 Å². The molecule has 0 radical (unpaired) electrons. The van der Waals surface area contributed by atoms with E-state index in [0.29, 0.717) is 11.6 Å². The molecule has 236 valence electrons. The second-order valence-corrected chi connectivity index (χ2v) is 13.1. The maximum absolute atomic E-state index is 6.78. The lowest BCUT2D eigenvalue weighted by Gasteiger charge is -2.39. The van der Waals surface area contributed by atoms with Crippen LogP contribution in [0.25, 0.3) is 39.5 Å². The minimum absolute atomic E-state index is 0.0298. The molecule has 4 nitrogen and oxygen atoms in total. The Morgan fingerprint density at radius 1 is 0.500 bits per heavy atom. The van der Waals surface area contributed by atoms with Gasteiger partial charge >= 0.3 is 0 Å². The van der Waals surface area contributed by atoms with Crippen LogP contribution < -0.4 is 4.74 Å². The van der Waals surface area contributed by atoms with E-state index in [2.05, 4.69) is 140 Å². The first-order valence-corrected chi connectivity index (χ1v) is 17.1. The Hall–Kier alpha value is -6.39. The second-order valence-electron chi connectivity index (χ2n) is 13.1. The lowest BCUT2D eigenvalue weighted by molar-refractivity contribution is 0.436. The van der Waals surface area contributed by atoms with E-state index >= 15 is 0 Å². The predicted molar refractivity (Wildman–Crippen MR) is 199 cm³/mol. The number of para-hydroxylation sites is 1. The smallest absolute Gasteiger partial charge is 0.163 e. The molecule has 2 heterocycles. The summed E-state index contributed by atoms with van der Waals surface area (Å²) in [5.74, 6) is 3.75. The summed E-state index contributed by atoms with van der Waals surface area (Å²) < 4.78 is 6.78. The van der Waals surface area contributed by atoms with E-state index in [4.69, 9.17) is 19.7 Å². The quantitative estimate of drug-likeness (QED) is 0.192. The van der Waals surface area contributed by atoms with Gasteiger partial charge in [0.1, 0.15) is 17.3 Å². The standard InChI is InChI=1S/C46H31N3O/c1-3-13-30(14-4-1)31-23-25-33(26-24-31)44-47-43(32-15-5-2-6-16-32)48-45(49-44)34-27-28-40-42(29-34)50-41-22-12-11-21-39(41)46(40)37-19-9-7-17-35(37)36-18-8-10-20-38(36)46/h1-25,27-29,33H,26H2. The monoisotopic (exact) mass is 641 g/mol. The summed E-state index contributed by atoms with van der Waals surface area (Å²) in [5.41, 5.74) is 11.1. The number of aromatic nitrogens is 3. The van der Waals surface area contributed by atoms with Gasteiger partial charge in [-0.05, 0) is 51.9 Å². The van der Waals surface area contributed by atoms with Crippen LogP contribution >= 0.6 is 0 Å². The van der Waals surface area contributed by atoms with Crippen LogP contribution in [0.2, 0.25) is 0 Å². The van der Waals surface area contributed by atoms with Gasteiger partial charge in [-0.1, -0.05) is 158 Å². The zero-order chi connectivity index (χ0) is 33.1. The molecule has 7 aromatic rings. The number of allylic oxidation sites excluding steroid dienone is 4. The number of fused-ring (bicyclic) bond motifs is 9. The molecule has 1 spiro atoms. The van der Waals surface area contributed by atoms with Crippen LogP contribution in [0.4, 0.5) is 0 Å². The van der Waals surface area contributed by atoms with Gasteiger partial charge in [-0.15, -0.1) is 0 Å². The molecule has 3 aliphatic rings. The third-order valence-corrected chi connectivity index (χ3v) is 10.3. The van der Waals surface area contributed by atoms with Crippen LogP contribution in [0, 0.1) is 0 Å². The fourth-order valence-corrected chi connectivity index (χ4v) is 8.06. The molecule has 4 heteroatoms. The largest absolute Gasteiger partial charge is 0.457 e. The molecule has 50 heavy (non-hydrogen) atoms. The highest BCUT2D eigenvalue weighted by Gasteiger charge is 2.50. The van der Waals surface area contributed by atoms with Gasteiger partial charge in [-0.2, -0.15) is 0 Å². The number of rotatable bonds is 4. The van der Waals surface area contributed by atoms with Crippen molar-refractivity contribution >= 4 is 5.57 Å². The third-order valence-electron chi connectivity index (χ3n) is 10.3. The first-order chi connectivity index (χ1) is 24.8. The molecule has 2 aliphatic carbocycles. The average molecular weight is 642 g/mol. The minimum atomic E-state index is -0.509. The summed E-state index contributed by atoms with van der Waals surface area (Å²) >= 11 is 0. The molecule has 0 N–H and O–H groups in total. The van der Waals surface area contributed by atoms with E-state index in [9.17, 15) is 0 Å². The summed E-state index contributed by atoms with van der Waals surface area (Å²) in [6, 6.07) is 53.2. The molecular formula is C46H31N3O. The van der Waals surface area contributed by atoms with Crippen molar-refractivity contribution in [3.05, 3.63) is 204 Å².